The predicted molar refractivity (Wildman–Crippen MR) is 160 cm³/mol. The quantitative estimate of drug-likeness (QED) is 0.290. The van der Waals surface area contributed by atoms with Crippen molar-refractivity contribution in [2.45, 2.75) is 38.8 Å². The van der Waals surface area contributed by atoms with Crippen molar-refractivity contribution < 1.29 is 23.5 Å². The van der Waals surface area contributed by atoms with Crippen LogP contribution in [0.2, 0.25) is 5.02 Å². The van der Waals surface area contributed by atoms with Crippen LogP contribution in [0.1, 0.15) is 45.9 Å². The van der Waals surface area contributed by atoms with Crippen LogP contribution in [0.5, 0.6) is 0 Å². The molecule has 218 valence electrons. The number of nitrogens with one attached hydrogen (secondary N) is 2. The van der Waals surface area contributed by atoms with Gasteiger partial charge in [-0.15, -0.1) is 0 Å². The third kappa shape index (κ3) is 7.25. The summed E-state index contributed by atoms with van der Waals surface area (Å²) >= 11 is 6.30. The molecule has 0 spiro atoms. The molecule has 0 saturated carbocycles. The van der Waals surface area contributed by atoms with E-state index in [-0.39, 0.29) is 17.5 Å². The first kappa shape index (κ1) is 30.5. The molecular formula is C32H37ClFN3O4. The predicted octanol–water partition coefficient (Wildman–Crippen LogP) is 6.40. The lowest BCUT2D eigenvalue weighted by Gasteiger charge is -2.41. The third-order valence-corrected chi connectivity index (χ3v) is 7.87. The van der Waals surface area contributed by atoms with Crippen LogP contribution in [-0.4, -0.2) is 56.7 Å². The van der Waals surface area contributed by atoms with Gasteiger partial charge in [-0.25, -0.2) is 4.39 Å². The van der Waals surface area contributed by atoms with Crippen molar-refractivity contribution >= 4 is 34.8 Å². The van der Waals surface area contributed by atoms with E-state index < -0.39 is 23.7 Å². The Bertz CT molecular complexity index is 1340. The fraction of sp³-hybridized carbons (Fsp3) is 0.375. The van der Waals surface area contributed by atoms with Gasteiger partial charge < -0.3 is 25.0 Å². The molecule has 4 rings (SSSR count). The highest BCUT2D eigenvalue weighted by Crippen LogP contribution is 2.39. The second-order valence-electron chi connectivity index (χ2n) is 10.5. The Hall–Kier alpha value is -3.46. The molecule has 3 aromatic rings. The van der Waals surface area contributed by atoms with E-state index in [1.54, 1.807) is 50.3 Å². The first-order valence-corrected chi connectivity index (χ1v) is 14.1. The summed E-state index contributed by atoms with van der Waals surface area (Å²) in [6.45, 7) is 4.95. The minimum Gasteiger partial charge on any atom is -0.382 e. The molecule has 2 atom stereocenters. The molecule has 0 bridgehead atoms. The van der Waals surface area contributed by atoms with Gasteiger partial charge in [-0.2, -0.15) is 0 Å². The van der Waals surface area contributed by atoms with Crippen LogP contribution in [0.25, 0.3) is 0 Å². The summed E-state index contributed by atoms with van der Waals surface area (Å²) in [4.78, 5) is 29.3. The fourth-order valence-corrected chi connectivity index (χ4v) is 5.59. The minimum atomic E-state index is -0.598. The van der Waals surface area contributed by atoms with Crippen molar-refractivity contribution in [2.24, 2.45) is 5.92 Å². The highest BCUT2D eigenvalue weighted by atomic mass is 35.5. The van der Waals surface area contributed by atoms with Crippen molar-refractivity contribution in [3.05, 3.63) is 93.8 Å². The number of piperidine rings is 1. The van der Waals surface area contributed by atoms with Gasteiger partial charge in [0.25, 0.3) is 5.91 Å². The Labute approximate surface area is 246 Å². The molecule has 2 amide bonds. The number of nitrogens with zero attached hydrogens (tertiary/aromatic N) is 1. The molecule has 1 aliphatic heterocycles. The molecule has 41 heavy (non-hydrogen) atoms. The van der Waals surface area contributed by atoms with Crippen LogP contribution in [0.4, 0.5) is 15.8 Å². The molecule has 1 saturated heterocycles. The Morgan fingerprint density at radius 1 is 1.00 bits per heavy atom. The Morgan fingerprint density at radius 3 is 2.32 bits per heavy atom. The number of likely N-dealkylation sites (tertiary alicyclic amines) is 1. The van der Waals surface area contributed by atoms with Crippen LogP contribution < -0.4 is 10.6 Å². The molecule has 0 radical (unpaired) electrons. The van der Waals surface area contributed by atoms with Gasteiger partial charge in [-0.1, -0.05) is 41.9 Å². The van der Waals surface area contributed by atoms with Crippen LogP contribution >= 0.6 is 11.6 Å². The summed E-state index contributed by atoms with van der Waals surface area (Å²) in [7, 11) is 3.27. The Kier molecular flexibility index (Phi) is 10.4. The van der Waals surface area contributed by atoms with Gasteiger partial charge in [0.05, 0.1) is 36.8 Å². The number of benzene rings is 3. The normalized spacial score (nSPS) is 17.0. The fourth-order valence-electron chi connectivity index (χ4n) is 5.41. The van der Waals surface area contributed by atoms with Gasteiger partial charge in [0.1, 0.15) is 5.82 Å². The topological polar surface area (TPSA) is 79.9 Å². The number of carbonyl (C=O) groups is 2. The Morgan fingerprint density at radius 2 is 1.68 bits per heavy atom. The molecule has 0 aromatic heterocycles. The first-order valence-electron chi connectivity index (χ1n) is 13.7. The van der Waals surface area contributed by atoms with Crippen molar-refractivity contribution in [1.82, 2.24) is 4.90 Å². The van der Waals surface area contributed by atoms with Crippen LogP contribution in [0.3, 0.4) is 0 Å². The summed E-state index contributed by atoms with van der Waals surface area (Å²) in [5.74, 6) is -1.78. The molecular weight excluding hydrogens is 545 g/mol. The molecule has 3 aromatic carbocycles. The number of amides is 2. The Balaban J connectivity index is 1.68. The van der Waals surface area contributed by atoms with Gasteiger partial charge in [-0.05, 0) is 73.7 Å². The largest absolute Gasteiger partial charge is 0.382 e. The average Bonchev–Trinajstić information content (AvgIpc) is 2.95. The summed E-state index contributed by atoms with van der Waals surface area (Å²) < 4.78 is 25.5. The van der Waals surface area contributed by atoms with E-state index in [0.717, 1.165) is 16.8 Å². The van der Waals surface area contributed by atoms with Gasteiger partial charge >= 0.3 is 0 Å². The lowest BCUT2D eigenvalue weighted by atomic mass is 9.83. The van der Waals surface area contributed by atoms with Gasteiger partial charge in [-0.3, -0.25) is 9.59 Å². The van der Waals surface area contributed by atoms with Gasteiger partial charge in [0.2, 0.25) is 5.91 Å². The van der Waals surface area contributed by atoms with E-state index in [9.17, 15) is 14.0 Å². The molecule has 2 N–H and O–H groups in total. The number of aryl methyl sites for hydroxylation is 2. The number of ether oxygens (including phenoxy) is 2. The molecule has 9 heteroatoms. The minimum absolute atomic E-state index is 0.0316. The number of hydrogen-bond acceptors (Lipinski definition) is 5. The van der Waals surface area contributed by atoms with Crippen molar-refractivity contribution in [3.63, 3.8) is 0 Å². The van der Waals surface area contributed by atoms with E-state index in [4.69, 9.17) is 21.1 Å². The molecule has 0 aliphatic carbocycles. The SMILES string of the molecule is COCC(COC)Nc1ccc([C@H]2[C@@H](C(=O)Nc3ccc(C)c(Cl)c3)CCCN2C(=O)c2c(C)cccc2F)cc1. The maximum atomic E-state index is 14.9. The van der Waals surface area contributed by atoms with Crippen LogP contribution in [0, 0.1) is 25.6 Å². The average molecular weight is 582 g/mol. The van der Waals surface area contributed by atoms with E-state index in [2.05, 4.69) is 10.6 Å². The zero-order valence-electron chi connectivity index (χ0n) is 23.9. The van der Waals surface area contributed by atoms with E-state index >= 15 is 0 Å². The van der Waals surface area contributed by atoms with Crippen molar-refractivity contribution in [1.29, 1.82) is 0 Å². The van der Waals surface area contributed by atoms with E-state index in [1.807, 2.05) is 37.3 Å². The highest BCUT2D eigenvalue weighted by molar-refractivity contribution is 6.31. The van der Waals surface area contributed by atoms with Crippen LogP contribution in [0.15, 0.2) is 60.7 Å². The summed E-state index contributed by atoms with van der Waals surface area (Å²) in [6, 6.07) is 17.0. The number of hydrogen-bond donors (Lipinski definition) is 2. The van der Waals surface area contributed by atoms with E-state index in [1.165, 1.54) is 6.07 Å². The zero-order chi connectivity index (χ0) is 29.5. The summed E-state index contributed by atoms with van der Waals surface area (Å²) in [6.07, 6.45) is 1.18. The second-order valence-corrected chi connectivity index (χ2v) is 10.9. The maximum Gasteiger partial charge on any atom is 0.257 e. The summed E-state index contributed by atoms with van der Waals surface area (Å²) in [5.41, 5.74) is 3.71. The monoisotopic (exact) mass is 581 g/mol. The molecule has 1 fully saturated rings. The third-order valence-electron chi connectivity index (χ3n) is 7.46. The highest BCUT2D eigenvalue weighted by Gasteiger charge is 2.40. The van der Waals surface area contributed by atoms with Gasteiger partial charge in [0, 0.05) is 37.2 Å². The number of anilines is 2. The zero-order valence-corrected chi connectivity index (χ0v) is 24.6. The standard InChI is InChI=1S/C32H37ClFN3O4/c1-20-10-13-24(17-27(20)33)36-31(38)26-8-6-16-37(32(39)29-21(2)7-5-9-28(29)34)30(26)22-11-14-23(15-12-22)35-25(18-40-3)19-41-4/h5,7,9-15,17,25-26,30,35H,6,8,16,18-19H2,1-4H3,(H,36,38)/t26-,30-/m0/s1. The number of halogens is 2. The van der Waals surface area contributed by atoms with Crippen molar-refractivity contribution in [3.8, 4) is 0 Å². The number of rotatable bonds is 10. The van der Waals surface area contributed by atoms with Crippen molar-refractivity contribution in [2.75, 3.05) is 44.6 Å². The molecule has 1 heterocycles. The number of carbonyl (C=O) groups excluding carboxylic acids is 2. The lowest BCUT2D eigenvalue weighted by molar-refractivity contribution is -0.123. The van der Waals surface area contributed by atoms with Crippen LogP contribution in [-0.2, 0) is 14.3 Å². The number of methoxy groups -OCH3 is 2. The first-order chi connectivity index (χ1) is 19.7. The summed E-state index contributed by atoms with van der Waals surface area (Å²) in [5, 5.41) is 6.94. The molecule has 7 nitrogen and oxygen atoms in total. The van der Waals surface area contributed by atoms with E-state index in [0.29, 0.717) is 48.9 Å². The smallest absolute Gasteiger partial charge is 0.257 e. The second kappa shape index (κ2) is 13.9. The van der Waals surface area contributed by atoms with Gasteiger partial charge in [0.15, 0.2) is 0 Å². The lowest BCUT2D eigenvalue weighted by Crippen LogP contribution is -2.46. The molecule has 0 unspecified atom stereocenters. The maximum absolute atomic E-state index is 14.9. The molecule has 1 aliphatic rings.